The molecule has 0 aromatic rings. The highest BCUT2D eigenvalue weighted by Gasteiger charge is 2.65. The van der Waals surface area contributed by atoms with Crippen LogP contribution in [0.15, 0.2) is 0 Å². The monoisotopic (exact) mass is 318 g/mol. The number of carboxylic acid groups (broad SMARTS) is 1. The molecule has 0 saturated heterocycles. The molecule has 0 aliphatic heterocycles. The standard InChI is InChI=1S/C20H30O3/c1-18(2)14-6-9-20-10-12(13(11-20)17(22)23)4-5-15(20)19(14,3)8-7-16(18)21/h12-15H,4-11H2,1-3H3,(H,22,23). The summed E-state index contributed by atoms with van der Waals surface area (Å²) in [4.78, 5) is 24.2. The van der Waals surface area contributed by atoms with Crippen LogP contribution >= 0.6 is 0 Å². The normalized spacial score (nSPS) is 51.0. The zero-order valence-corrected chi connectivity index (χ0v) is 14.7. The first-order valence-electron chi connectivity index (χ1n) is 9.47. The van der Waals surface area contributed by atoms with Gasteiger partial charge in [0.15, 0.2) is 0 Å². The van der Waals surface area contributed by atoms with Crippen molar-refractivity contribution in [2.75, 3.05) is 0 Å². The number of hydrogen-bond acceptors (Lipinski definition) is 2. The molecule has 6 unspecified atom stereocenters. The number of hydrogen-bond donors (Lipinski definition) is 1. The first-order valence-corrected chi connectivity index (χ1v) is 9.47. The van der Waals surface area contributed by atoms with Gasteiger partial charge in [-0.3, -0.25) is 9.59 Å². The summed E-state index contributed by atoms with van der Waals surface area (Å²) in [6.07, 6.45) is 8.30. The van der Waals surface area contributed by atoms with Crippen LogP contribution in [0.2, 0.25) is 0 Å². The fourth-order valence-electron chi connectivity index (χ4n) is 7.76. The lowest BCUT2D eigenvalue weighted by molar-refractivity contribution is -0.165. The lowest BCUT2D eigenvalue weighted by Crippen LogP contribution is -2.58. The molecule has 128 valence electrons. The Balaban J connectivity index is 1.71. The topological polar surface area (TPSA) is 54.4 Å². The maximum absolute atomic E-state index is 12.5. The van der Waals surface area contributed by atoms with E-state index in [9.17, 15) is 14.7 Å². The number of rotatable bonds is 1. The van der Waals surface area contributed by atoms with Gasteiger partial charge in [-0.05, 0) is 73.5 Å². The molecule has 3 heteroatoms. The molecule has 0 amide bonds. The van der Waals surface area contributed by atoms with Gasteiger partial charge in [-0.15, -0.1) is 0 Å². The highest BCUT2D eigenvalue weighted by Crippen LogP contribution is 2.71. The quantitative estimate of drug-likeness (QED) is 0.784. The van der Waals surface area contributed by atoms with Crippen molar-refractivity contribution in [2.45, 2.75) is 72.1 Å². The molecule has 0 aromatic heterocycles. The summed E-state index contributed by atoms with van der Waals surface area (Å²) in [7, 11) is 0. The number of ketones is 1. The van der Waals surface area contributed by atoms with Crippen molar-refractivity contribution < 1.29 is 14.7 Å². The van der Waals surface area contributed by atoms with Crippen LogP contribution in [0.5, 0.6) is 0 Å². The van der Waals surface area contributed by atoms with Gasteiger partial charge in [0.05, 0.1) is 5.92 Å². The predicted octanol–water partition coefficient (Wildman–Crippen LogP) is 4.30. The molecule has 2 bridgehead atoms. The van der Waals surface area contributed by atoms with E-state index in [2.05, 4.69) is 20.8 Å². The molecule has 0 radical (unpaired) electrons. The fourth-order valence-corrected chi connectivity index (χ4v) is 7.76. The lowest BCUT2D eigenvalue weighted by Gasteiger charge is -2.63. The Kier molecular flexibility index (Phi) is 3.14. The Morgan fingerprint density at radius 1 is 1.04 bits per heavy atom. The van der Waals surface area contributed by atoms with Gasteiger partial charge in [-0.1, -0.05) is 20.8 Å². The SMILES string of the molecule is CC1(C)C(=O)CCC2(C)C3CCC4CC3(CCC12)CC4C(=O)O. The zero-order chi connectivity index (χ0) is 16.6. The number of fused-ring (bicyclic) bond motifs is 3. The molecule has 23 heavy (non-hydrogen) atoms. The van der Waals surface area contributed by atoms with Crippen molar-refractivity contribution in [1.29, 1.82) is 0 Å². The first-order chi connectivity index (χ1) is 10.7. The molecule has 4 aliphatic rings. The van der Waals surface area contributed by atoms with Crippen LogP contribution in [0.25, 0.3) is 0 Å². The van der Waals surface area contributed by atoms with Crippen LogP contribution in [0.4, 0.5) is 0 Å². The van der Waals surface area contributed by atoms with Gasteiger partial charge in [-0.2, -0.15) is 0 Å². The minimum Gasteiger partial charge on any atom is -0.481 e. The minimum atomic E-state index is -0.570. The molecule has 0 aromatic carbocycles. The van der Waals surface area contributed by atoms with Gasteiger partial charge < -0.3 is 5.11 Å². The van der Waals surface area contributed by atoms with E-state index >= 15 is 0 Å². The van der Waals surface area contributed by atoms with Gasteiger partial charge in [0, 0.05) is 11.8 Å². The van der Waals surface area contributed by atoms with E-state index < -0.39 is 5.97 Å². The van der Waals surface area contributed by atoms with Crippen molar-refractivity contribution in [3.8, 4) is 0 Å². The average Bonchev–Trinajstić information content (AvgIpc) is 2.75. The summed E-state index contributed by atoms with van der Waals surface area (Å²) in [5.41, 5.74) is 0.290. The van der Waals surface area contributed by atoms with E-state index in [0.29, 0.717) is 23.5 Å². The lowest BCUT2D eigenvalue weighted by atomic mass is 9.41. The fraction of sp³-hybridized carbons (Fsp3) is 0.900. The van der Waals surface area contributed by atoms with E-state index in [1.807, 2.05) is 0 Å². The third-order valence-electron chi connectivity index (χ3n) is 8.75. The third kappa shape index (κ3) is 1.88. The van der Waals surface area contributed by atoms with Gasteiger partial charge >= 0.3 is 5.97 Å². The second kappa shape index (κ2) is 4.61. The molecule has 1 spiro atoms. The van der Waals surface area contributed by atoms with Gasteiger partial charge in [0.1, 0.15) is 5.78 Å². The van der Waals surface area contributed by atoms with Crippen LogP contribution in [0, 0.1) is 39.9 Å². The molecular formula is C20H30O3. The number of carbonyl (C=O) groups excluding carboxylic acids is 1. The molecular weight excluding hydrogens is 288 g/mol. The maximum atomic E-state index is 12.5. The van der Waals surface area contributed by atoms with Crippen LogP contribution in [0.1, 0.15) is 72.1 Å². The zero-order valence-electron chi connectivity index (χ0n) is 14.7. The van der Waals surface area contributed by atoms with Gasteiger partial charge in [0.25, 0.3) is 0 Å². The van der Waals surface area contributed by atoms with Crippen molar-refractivity contribution in [3.05, 3.63) is 0 Å². The van der Waals surface area contributed by atoms with Crippen molar-refractivity contribution >= 4 is 11.8 Å². The number of aliphatic carboxylic acids is 1. The minimum absolute atomic E-state index is 0.113. The highest BCUT2D eigenvalue weighted by atomic mass is 16.4. The second-order valence-electron chi connectivity index (χ2n) is 9.85. The Hall–Kier alpha value is -0.860. The summed E-state index contributed by atoms with van der Waals surface area (Å²) in [6, 6.07) is 0. The number of carbonyl (C=O) groups is 2. The molecule has 6 atom stereocenters. The highest BCUT2D eigenvalue weighted by molar-refractivity contribution is 5.85. The van der Waals surface area contributed by atoms with Crippen molar-refractivity contribution in [3.63, 3.8) is 0 Å². The van der Waals surface area contributed by atoms with Crippen LogP contribution in [0.3, 0.4) is 0 Å². The Bertz CT molecular complexity index is 565. The predicted molar refractivity (Wildman–Crippen MR) is 87.9 cm³/mol. The van der Waals surface area contributed by atoms with Crippen molar-refractivity contribution in [2.24, 2.45) is 39.9 Å². The third-order valence-corrected chi connectivity index (χ3v) is 8.75. The summed E-state index contributed by atoms with van der Waals surface area (Å²) in [5, 5.41) is 9.62. The first kappa shape index (κ1) is 15.7. The summed E-state index contributed by atoms with van der Waals surface area (Å²) < 4.78 is 0. The average molecular weight is 318 g/mol. The van der Waals surface area contributed by atoms with Gasteiger partial charge in [-0.25, -0.2) is 0 Å². The Morgan fingerprint density at radius 3 is 2.48 bits per heavy atom. The molecule has 3 nitrogen and oxygen atoms in total. The van der Waals surface area contributed by atoms with Crippen LogP contribution in [-0.4, -0.2) is 16.9 Å². The van der Waals surface area contributed by atoms with Gasteiger partial charge in [0.2, 0.25) is 0 Å². The van der Waals surface area contributed by atoms with Crippen LogP contribution < -0.4 is 0 Å². The van der Waals surface area contributed by atoms with E-state index in [4.69, 9.17) is 0 Å². The van der Waals surface area contributed by atoms with E-state index in [-0.39, 0.29) is 22.2 Å². The van der Waals surface area contributed by atoms with E-state index in [0.717, 1.165) is 44.9 Å². The molecule has 4 rings (SSSR count). The molecule has 0 heterocycles. The smallest absolute Gasteiger partial charge is 0.306 e. The Morgan fingerprint density at radius 2 is 1.78 bits per heavy atom. The largest absolute Gasteiger partial charge is 0.481 e. The molecule has 4 aliphatic carbocycles. The van der Waals surface area contributed by atoms with Crippen molar-refractivity contribution in [1.82, 2.24) is 0 Å². The molecule has 1 N–H and O–H groups in total. The summed E-state index contributed by atoms with van der Waals surface area (Å²) in [5.74, 6) is 1.27. The summed E-state index contributed by atoms with van der Waals surface area (Å²) in [6.45, 7) is 6.76. The maximum Gasteiger partial charge on any atom is 0.306 e. The van der Waals surface area contributed by atoms with E-state index in [1.54, 1.807) is 0 Å². The Labute approximate surface area is 139 Å². The van der Waals surface area contributed by atoms with Crippen LogP contribution in [-0.2, 0) is 9.59 Å². The second-order valence-corrected chi connectivity index (χ2v) is 9.85. The number of carboxylic acids is 1. The molecule has 4 fully saturated rings. The molecule has 4 saturated carbocycles. The summed E-state index contributed by atoms with van der Waals surface area (Å²) >= 11 is 0. The van der Waals surface area contributed by atoms with E-state index in [1.165, 1.54) is 6.42 Å². The number of Topliss-reactive ketones (excluding diaryl/α,β-unsaturated/α-hetero) is 1.